The minimum atomic E-state index is -5.06. The number of anilines is 1. The van der Waals surface area contributed by atoms with Gasteiger partial charge >= 0.3 is 12.4 Å². The standard InChI is InChI=1S/C16H9F6N3O2/c17-15(18,19)10-3-11(16(20,21)22)5-12(4-10)24-13(26)8-25-7-9(6-23)1-2-14(25)27/h1-5,7H,8H2,(H,24,26). The summed E-state index contributed by atoms with van der Waals surface area (Å²) in [6, 6.07) is 4.54. The fraction of sp³-hybridized carbons (Fsp3) is 0.188. The molecule has 1 heterocycles. The Balaban J connectivity index is 2.32. The van der Waals surface area contributed by atoms with Crippen molar-refractivity contribution in [2.24, 2.45) is 0 Å². The smallest absolute Gasteiger partial charge is 0.325 e. The zero-order valence-electron chi connectivity index (χ0n) is 13.1. The second-order valence-electron chi connectivity index (χ2n) is 5.34. The van der Waals surface area contributed by atoms with Crippen molar-refractivity contribution in [2.45, 2.75) is 18.9 Å². The average molecular weight is 389 g/mol. The molecule has 1 aromatic heterocycles. The lowest BCUT2D eigenvalue weighted by atomic mass is 10.1. The number of carbonyl (C=O) groups is 1. The number of nitriles is 1. The van der Waals surface area contributed by atoms with Crippen LogP contribution in [0.4, 0.5) is 32.0 Å². The molecule has 0 spiro atoms. The maximum Gasteiger partial charge on any atom is 0.416 e. The number of aromatic nitrogens is 1. The number of halogens is 6. The third-order valence-corrected chi connectivity index (χ3v) is 3.30. The second kappa shape index (κ2) is 7.14. The summed E-state index contributed by atoms with van der Waals surface area (Å²) in [7, 11) is 0. The molecule has 2 aromatic rings. The normalized spacial score (nSPS) is 11.7. The number of amides is 1. The summed E-state index contributed by atoms with van der Waals surface area (Å²) >= 11 is 0. The fourth-order valence-corrected chi connectivity index (χ4v) is 2.10. The number of rotatable bonds is 3. The highest BCUT2D eigenvalue weighted by Crippen LogP contribution is 2.37. The minimum Gasteiger partial charge on any atom is -0.325 e. The molecular formula is C16H9F6N3O2. The predicted molar refractivity (Wildman–Crippen MR) is 80.5 cm³/mol. The molecule has 0 atom stereocenters. The molecule has 0 fully saturated rings. The van der Waals surface area contributed by atoms with Crippen LogP contribution in [0.5, 0.6) is 0 Å². The zero-order valence-corrected chi connectivity index (χ0v) is 13.1. The number of carbonyl (C=O) groups excluding carboxylic acids is 1. The van der Waals surface area contributed by atoms with Crippen molar-refractivity contribution in [1.82, 2.24) is 4.57 Å². The Hall–Kier alpha value is -3.29. The number of pyridine rings is 1. The molecule has 5 nitrogen and oxygen atoms in total. The van der Waals surface area contributed by atoms with E-state index in [9.17, 15) is 35.9 Å². The van der Waals surface area contributed by atoms with E-state index in [2.05, 4.69) is 0 Å². The summed E-state index contributed by atoms with van der Waals surface area (Å²) in [5.74, 6) is -1.04. The van der Waals surface area contributed by atoms with Gasteiger partial charge in [0.2, 0.25) is 5.91 Å². The van der Waals surface area contributed by atoms with Crippen molar-refractivity contribution >= 4 is 11.6 Å². The lowest BCUT2D eigenvalue weighted by Crippen LogP contribution is -2.27. The average Bonchev–Trinajstić information content (AvgIpc) is 2.55. The van der Waals surface area contributed by atoms with E-state index in [1.807, 2.05) is 5.32 Å². The van der Waals surface area contributed by atoms with E-state index in [1.54, 1.807) is 6.07 Å². The van der Waals surface area contributed by atoms with Gasteiger partial charge in [0.1, 0.15) is 12.6 Å². The van der Waals surface area contributed by atoms with Gasteiger partial charge in [-0.2, -0.15) is 31.6 Å². The van der Waals surface area contributed by atoms with Crippen molar-refractivity contribution in [3.63, 3.8) is 0 Å². The van der Waals surface area contributed by atoms with E-state index in [-0.39, 0.29) is 11.6 Å². The molecule has 27 heavy (non-hydrogen) atoms. The first-order chi connectivity index (χ1) is 12.4. The van der Waals surface area contributed by atoms with Crippen LogP contribution in [0.1, 0.15) is 16.7 Å². The molecule has 0 unspecified atom stereocenters. The van der Waals surface area contributed by atoms with Crippen molar-refractivity contribution in [2.75, 3.05) is 5.32 Å². The lowest BCUT2D eigenvalue weighted by Gasteiger charge is -2.15. The molecule has 0 bridgehead atoms. The summed E-state index contributed by atoms with van der Waals surface area (Å²) in [6.07, 6.45) is -9.08. The Morgan fingerprint density at radius 2 is 1.59 bits per heavy atom. The molecule has 142 valence electrons. The van der Waals surface area contributed by atoms with Gasteiger partial charge in [-0.15, -0.1) is 0 Å². The van der Waals surface area contributed by atoms with Crippen molar-refractivity contribution in [1.29, 1.82) is 5.26 Å². The van der Waals surface area contributed by atoms with Crippen LogP contribution in [0.3, 0.4) is 0 Å². The van der Waals surface area contributed by atoms with Gasteiger partial charge in [-0.05, 0) is 24.3 Å². The number of hydrogen-bond donors (Lipinski definition) is 1. The van der Waals surface area contributed by atoms with E-state index in [1.165, 1.54) is 6.07 Å². The highest BCUT2D eigenvalue weighted by Gasteiger charge is 2.37. The first-order valence-electron chi connectivity index (χ1n) is 7.10. The Morgan fingerprint density at radius 3 is 2.07 bits per heavy atom. The molecule has 0 aliphatic rings. The van der Waals surface area contributed by atoms with Crippen molar-refractivity contribution in [3.05, 3.63) is 63.6 Å². The monoisotopic (exact) mass is 389 g/mol. The zero-order chi connectivity index (χ0) is 20.4. The highest BCUT2D eigenvalue weighted by molar-refractivity contribution is 5.90. The molecule has 11 heteroatoms. The molecule has 0 aliphatic heterocycles. The molecule has 0 radical (unpaired) electrons. The maximum atomic E-state index is 12.8. The van der Waals surface area contributed by atoms with E-state index >= 15 is 0 Å². The van der Waals surface area contributed by atoms with Crippen LogP contribution >= 0.6 is 0 Å². The minimum absolute atomic E-state index is 0.0424. The van der Waals surface area contributed by atoms with Gasteiger partial charge in [-0.1, -0.05) is 0 Å². The third-order valence-electron chi connectivity index (χ3n) is 3.30. The highest BCUT2D eigenvalue weighted by atomic mass is 19.4. The molecule has 1 amide bonds. The van der Waals surface area contributed by atoms with Crippen LogP contribution in [-0.4, -0.2) is 10.5 Å². The van der Waals surface area contributed by atoms with E-state index in [4.69, 9.17) is 5.26 Å². The summed E-state index contributed by atoms with van der Waals surface area (Å²) in [4.78, 5) is 23.6. The maximum absolute atomic E-state index is 12.8. The van der Waals surface area contributed by atoms with E-state index in [0.717, 1.165) is 16.8 Å². The van der Waals surface area contributed by atoms with Crippen LogP contribution in [0.15, 0.2) is 41.3 Å². The topological polar surface area (TPSA) is 74.9 Å². The number of hydrogen-bond acceptors (Lipinski definition) is 3. The molecular weight excluding hydrogens is 380 g/mol. The molecule has 1 aromatic carbocycles. The molecule has 2 rings (SSSR count). The fourth-order valence-electron chi connectivity index (χ4n) is 2.10. The van der Waals surface area contributed by atoms with Crippen LogP contribution in [0.2, 0.25) is 0 Å². The Labute approximate surface area is 147 Å². The number of nitrogens with zero attached hydrogens (tertiary/aromatic N) is 2. The second-order valence-corrected chi connectivity index (χ2v) is 5.34. The summed E-state index contributed by atoms with van der Waals surface area (Å²) in [6.45, 7) is -0.702. The quantitative estimate of drug-likeness (QED) is 0.818. The molecule has 0 aliphatic carbocycles. The number of benzene rings is 1. The first-order valence-corrected chi connectivity index (χ1v) is 7.10. The number of nitrogens with one attached hydrogen (secondary N) is 1. The van der Waals surface area contributed by atoms with Crippen LogP contribution in [0, 0.1) is 11.3 Å². The van der Waals surface area contributed by atoms with Gasteiger partial charge in [-0.25, -0.2) is 0 Å². The van der Waals surface area contributed by atoms with Crippen LogP contribution in [0.25, 0.3) is 0 Å². The van der Waals surface area contributed by atoms with E-state index < -0.39 is 47.2 Å². The van der Waals surface area contributed by atoms with Crippen LogP contribution in [-0.2, 0) is 23.7 Å². The van der Waals surface area contributed by atoms with Gasteiger partial charge in [0.15, 0.2) is 0 Å². The predicted octanol–water partition coefficient (Wildman–Crippen LogP) is 3.40. The summed E-state index contributed by atoms with van der Waals surface area (Å²) in [5, 5.41) is 10.7. The van der Waals surface area contributed by atoms with Gasteiger partial charge in [0, 0.05) is 18.0 Å². The summed E-state index contributed by atoms with van der Waals surface area (Å²) < 4.78 is 77.6. The Kier molecular flexibility index (Phi) is 5.30. The van der Waals surface area contributed by atoms with Gasteiger partial charge < -0.3 is 9.88 Å². The number of alkyl halides is 6. The van der Waals surface area contributed by atoms with Crippen molar-refractivity contribution in [3.8, 4) is 6.07 Å². The molecule has 0 saturated carbocycles. The van der Waals surface area contributed by atoms with E-state index in [0.29, 0.717) is 12.1 Å². The molecule has 0 saturated heterocycles. The Morgan fingerprint density at radius 1 is 1.04 bits per heavy atom. The largest absolute Gasteiger partial charge is 0.416 e. The Bertz CT molecular complexity index is 938. The van der Waals surface area contributed by atoms with Crippen LogP contribution < -0.4 is 10.9 Å². The first kappa shape index (κ1) is 20.0. The SMILES string of the molecule is N#Cc1ccc(=O)n(CC(=O)Nc2cc(C(F)(F)F)cc(C(F)(F)F)c2)c1. The third kappa shape index (κ3) is 5.10. The van der Waals surface area contributed by atoms with Crippen molar-refractivity contribution < 1.29 is 31.1 Å². The molecule has 1 N–H and O–H groups in total. The van der Waals surface area contributed by atoms with Gasteiger partial charge in [0.05, 0.1) is 16.7 Å². The lowest BCUT2D eigenvalue weighted by molar-refractivity contribution is -0.143. The summed E-state index contributed by atoms with van der Waals surface area (Å²) in [5.41, 5.74) is -4.54. The van der Waals surface area contributed by atoms with Gasteiger partial charge in [0.25, 0.3) is 5.56 Å². The van der Waals surface area contributed by atoms with Gasteiger partial charge in [-0.3, -0.25) is 9.59 Å².